The zero-order valence-electron chi connectivity index (χ0n) is 16.1. The van der Waals surface area contributed by atoms with E-state index in [1.165, 1.54) is 28.6 Å². The van der Waals surface area contributed by atoms with Crippen LogP contribution in [0.15, 0.2) is 52.3 Å². The minimum Gasteiger partial charge on any atom is -0.279 e. The van der Waals surface area contributed by atoms with Crippen LogP contribution >= 0.6 is 0 Å². The molecule has 1 N–H and O–H groups in total. The average Bonchev–Trinajstić information content (AvgIpc) is 2.64. The molecule has 0 aliphatic rings. The number of sulfonamides is 2. The van der Waals surface area contributed by atoms with Gasteiger partial charge in [0, 0.05) is 13.1 Å². The van der Waals surface area contributed by atoms with E-state index in [0.717, 1.165) is 11.1 Å². The first kappa shape index (κ1) is 21.4. The van der Waals surface area contributed by atoms with E-state index in [1.54, 1.807) is 13.8 Å². The monoisotopic (exact) mass is 410 g/mol. The van der Waals surface area contributed by atoms with Gasteiger partial charge in [-0.05, 0) is 48.7 Å². The molecule has 0 aliphatic heterocycles. The molecule has 0 heterocycles. The molecule has 27 heavy (non-hydrogen) atoms. The fraction of sp³-hybridized carbons (Fsp3) is 0.368. The maximum atomic E-state index is 12.8. The van der Waals surface area contributed by atoms with Crippen LogP contribution in [0.5, 0.6) is 0 Å². The molecule has 0 aromatic heterocycles. The SMILES string of the molecule is CCc1cccc(C)c1NS(=O)(=O)c1ccc(S(=O)(=O)N(CC)CC)cc1. The Morgan fingerprint density at radius 1 is 0.852 bits per heavy atom. The van der Waals surface area contributed by atoms with E-state index in [0.29, 0.717) is 25.2 Å². The van der Waals surface area contributed by atoms with Crippen LogP contribution in [0.2, 0.25) is 0 Å². The molecule has 0 fully saturated rings. The van der Waals surface area contributed by atoms with Gasteiger partial charge in [-0.1, -0.05) is 39.0 Å². The van der Waals surface area contributed by atoms with Gasteiger partial charge in [-0.25, -0.2) is 16.8 Å². The van der Waals surface area contributed by atoms with Crippen molar-refractivity contribution in [1.82, 2.24) is 4.31 Å². The van der Waals surface area contributed by atoms with E-state index in [-0.39, 0.29) is 9.79 Å². The molecule has 0 amide bonds. The summed E-state index contributed by atoms with van der Waals surface area (Å²) in [5.74, 6) is 0. The van der Waals surface area contributed by atoms with Crippen LogP contribution < -0.4 is 4.72 Å². The van der Waals surface area contributed by atoms with Crippen LogP contribution in [0, 0.1) is 6.92 Å². The lowest BCUT2D eigenvalue weighted by atomic mass is 10.1. The maximum Gasteiger partial charge on any atom is 0.261 e. The Morgan fingerprint density at radius 2 is 1.41 bits per heavy atom. The molecule has 0 saturated carbocycles. The van der Waals surface area contributed by atoms with E-state index in [4.69, 9.17) is 0 Å². The summed E-state index contributed by atoms with van der Waals surface area (Å²) in [6.45, 7) is 8.03. The zero-order chi connectivity index (χ0) is 20.2. The molecule has 2 rings (SSSR count). The molecule has 0 radical (unpaired) electrons. The largest absolute Gasteiger partial charge is 0.279 e. The number of para-hydroxylation sites is 1. The first-order valence-corrected chi connectivity index (χ1v) is 11.8. The van der Waals surface area contributed by atoms with Crippen molar-refractivity contribution >= 4 is 25.7 Å². The summed E-state index contributed by atoms with van der Waals surface area (Å²) in [5, 5.41) is 0. The van der Waals surface area contributed by atoms with Crippen molar-refractivity contribution in [3.8, 4) is 0 Å². The number of anilines is 1. The van der Waals surface area contributed by atoms with Crippen molar-refractivity contribution in [2.45, 2.75) is 43.9 Å². The summed E-state index contributed by atoms with van der Waals surface area (Å²) in [5.41, 5.74) is 2.30. The number of benzene rings is 2. The third kappa shape index (κ3) is 4.51. The first-order chi connectivity index (χ1) is 12.7. The number of hydrogen-bond acceptors (Lipinski definition) is 4. The summed E-state index contributed by atoms with van der Waals surface area (Å²) in [7, 11) is -7.44. The second kappa shape index (κ2) is 8.41. The average molecular weight is 411 g/mol. The van der Waals surface area contributed by atoms with Crippen LogP contribution in [-0.2, 0) is 26.5 Å². The van der Waals surface area contributed by atoms with Gasteiger partial charge in [0.15, 0.2) is 0 Å². The lowest BCUT2D eigenvalue weighted by Crippen LogP contribution is -2.30. The van der Waals surface area contributed by atoms with E-state index in [2.05, 4.69) is 4.72 Å². The minimum atomic E-state index is -3.82. The van der Waals surface area contributed by atoms with Gasteiger partial charge in [0.2, 0.25) is 10.0 Å². The molecular formula is C19H26N2O4S2. The molecule has 148 valence electrons. The van der Waals surface area contributed by atoms with Gasteiger partial charge in [0.05, 0.1) is 15.5 Å². The van der Waals surface area contributed by atoms with E-state index in [9.17, 15) is 16.8 Å². The Morgan fingerprint density at radius 3 is 1.93 bits per heavy atom. The number of aryl methyl sites for hydroxylation is 2. The Labute approximate surface area is 162 Å². The lowest BCUT2D eigenvalue weighted by molar-refractivity contribution is 0.445. The van der Waals surface area contributed by atoms with Crippen molar-refractivity contribution in [3.05, 3.63) is 53.6 Å². The molecular weight excluding hydrogens is 384 g/mol. The molecule has 0 aliphatic carbocycles. The minimum absolute atomic E-state index is 0.0197. The predicted molar refractivity (Wildman–Crippen MR) is 108 cm³/mol. The third-order valence-corrected chi connectivity index (χ3v) is 7.88. The summed E-state index contributed by atoms with van der Waals surface area (Å²) in [6.07, 6.45) is 0.695. The molecule has 0 spiro atoms. The van der Waals surface area contributed by atoms with Crippen LogP contribution in [0.1, 0.15) is 31.9 Å². The highest BCUT2D eigenvalue weighted by Gasteiger charge is 2.23. The van der Waals surface area contributed by atoms with Gasteiger partial charge in [-0.15, -0.1) is 0 Å². The highest BCUT2D eigenvalue weighted by molar-refractivity contribution is 7.92. The van der Waals surface area contributed by atoms with E-state index in [1.807, 2.05) is 32.0 Å². The van der Waals surface area contributed by atoms with Crippen LogP contribution in [-0.4, -0.2) is 34.2 Å². The van der Waals surface area contributed by atoms with Crippen LogP contribution in [0.4, 0.5) is 5.69 Å². The summed E-state index contributed by atoms with van der Waals surface area (Å²) >= 11 is 0. The van der Waals surface area contributed by atoms with Gasteiger partial charge in [0.25, 0.3) is 10.0 Å². The Bertz CT molecular complexity index is 995. The van der Waals surface area contributed by atoms with Crippen molar-refractivity contribution in [3.63, 3.8) is 0 Å². The quantitative estimate of drug-likeness (QED) is 0.723. The van der Waals surface area contributed by atoms with Crippen molar-refractivity contribution in [1.29, 1.82) is 0 Å². The van der Waals surface area contributed by atoms with E-state index < -0.39 is 20.0 Å². The molecule has 0 saturated heterocycles. The highest BCUT2D eigenvalue weighted by atomic mass is 32.2. The Hall–Kier alpha value is -1.90. The summed E-state index contributed by atoms with van der Waals surface area (Å²) in [4.78, 5) is 0.0987. The Kier molecular flexibility index (Phi) is 6.67. The molecule has 0 bridgehead atoms. The van der Waals surface area contributed by atoms with Gasteiger partial charge >= 0.3 is 0 Å². The number of rotatable bonds is 8. The molecule has 2 aromatic carbocycles. The lowest BCUT2D eigenvalue weighted by Gasteiger charge is -2.18. The second-order valence-corrected chi connectivity index (χ2v) is 9.75. The first-order valence-electron chi connectivity index (χ1n) is 8.88. The molecule has 8 heteroatoms. The molecule has 6 nitrogen and oxygen atoms in total. The standard InChI is InChI=1S/C19H26N2O4S2/c1-5-16-10-8-9-15(4)19(16)20-26(22,23)17-11-13-18(14-12-17)27(24,25)21(6-2)7-3/h8-14,20H,5-7H2,1-4H3. The van der Waals surface area contributed by atoms with Crippen LogP contribution in [0.25, 0.3) is 0 Å². The molecule has 2 aromatic rings. The smallest absolute Gasteiger partial charge is 0.261 e. The van der Waals surface area contributed by atoms with Crippen LogP contribution in [0.3, 0.4) is 0 Å². The molecule has 0 unspecified atom stereocenters. The van der Waals surface area contributed by atoms with Gasteiger partial charge < -0.3 is 0 Å². The van der Waals surface area contributed by atoms with Gasteiger partial charge in [-0.3, -0.25) is 4.72 Å². The number of nitrogens with zero attached hydrogens (tertiary/aromatic N) is 1. The Balaban J connectivity index is 2.37. The van der Waals surface area contributed by atoms with Crippen molar-refractivity contribution < 1.29 is 16.8 Å². The summed E-state index contributed by atoms with van der Waals surface area (Å²) in [6, 6.07) is 10.9. The number of hydrogen-bond donors (Lipinski definition) is 1. The van der Waals surface area contributed by atoms with Crippen molar-refractivity contribution in [2.75, 3.05) is 17.8 Å². The topological polar surface area (TPSA) is 83.5 Å². The van der Waals surface area contributed by atoms with E-state index >= 15 is 0 Å². The third-order valence-electron chi connectivity index (χ3n) is 4.45. The normalized spacial score (nSPS) is 12.3. The van der Waals surface area contributed by atoms with Gasteiger partial charge in [-0.2, -0.15) is 4.31 Å². The maximum absolute atomic E-state index is 12.8. The second-order valence-electron chi connectivity index (χ2n) is 6.13. The zero-order valence-corrected chi connectivity index (χ0v) is 17.7. The fourth-order valence-electron chi connectivity index (χ4n) is 2.87. The highest BCUT2D eigenvalue weighted by Crippen LogP contribution is 2.25. The molecule has 0 atom stereocenters. The predicted octanol–water partition coefficient (Wildman–Crippen LogP) is 3.39. The number of nitrogens with one attached hydrogen (secondary N) is 1. The van der Waals surface area contributed by atoms with Gasteiger partial charge in [0.1, 0.15) is 0 Å². The summed E-state index contributed by atoms with van der Waals surface area (Å²) < 4.78 is 54.6. The fourth-order valence-corrected chi connectivity index (χ4v) is 5.50. The van der Waals surface area contributed by atoms with Crippen molar-refractivity contribution in [2.24, 2.45) is 0 Å².